The Morgan fingerprint density at radius 1 is 1.38 bits per heavy atom. The molecule has 0 fully saturated rings. The maximum absolute atomic E-state index is 12.9. The number of methoxy groups -OCH3 is 1. The highest BCUT2D eigenvalue weighted by atomic mass is 19.4. The molecule has 1 heterocycles. The van der Waals surface area contributed by atoms with Crippen LogP contribution in [0.15, 0.2) is 18.2 Å². The lowest BCUT2D eigenvalue weighted by molar-refractivity contribution is -0.388. The number of alkyl halides is 3. The van der Waals surface area contributed by atoms with Gasteiger partial charge in [-0.25, -0.2) is 0 Å². The number of carbonyl (C=O) groups excluding carboxylic acids is 1. The summed E-state index contributed by atoms with van der Waals surface area (Å²) in [6.07, 6.45) is -5.01. The van der Waals surface area contributed by atoms with Crippen LogP contribution in [0.1, 0.15) is 17.0 Å². The number of hydrogen-bond acceptors (Lipinski definition) is 5. The molecule has 0 aliphatic heterocycles. The number of nitrogens with zero attached hydrogens (tertiary/aromatic N) is 3. The number of halogens is 3. The summed E-state index contributed by atoms with van der Waals surface area (Å²) in [6, 6.07) is 5.00. The number of aryl methyl sites for hydroxylation is 1. The zero-order valence-corrected chi connectivity index (χ0v) is 14.0. The van der Waals surface area contributed by atoms with E-state index in [1.54, 1.807) is 25.1 Å². The minimum absolute atomic E-state index is 0.327. The molecule has 0 atom stereocenters. The van der Waals surface area contributed by atoms with Crippen molar-refractivity contribution in [1.82, 2.24) is 9.78 Å². The molecule has 0 spiro atoms. The van der Waals surface area contributed by atoms with Crippen molar-refractivity contribution in [2.24, 2.45) is 0 Å². The van der Waals surface area contributed by atoms with Crippen molar-refractivity contribution >= 4 is 17.3 Å². The first kappa shape index (κ1) is 19.2. The number of rotatable bonds is 5. The Labute approximate surface area is 145 Å². The van der Waals surface area contributed by atoms with Crippen LogP contribution in [0.4, 0.5) is 24.5 Å². The normalized spacial score (nSPS) is 11.3. The number of aromatic nitrogens is 2. The third-order valence-corrected chi connectivity index (χ3v) is 3.55. The highest BCUT2D eigenvalue weighted by molar-refractivity contribution is 5.92. The Morgan fingerprint density at radius 3 is 2.54 bits per heavy atom. The Hall–Kier alpha value is -3.11. The summed E-state index contributed by atoms with van der Waals surface area (Å²) in [5.41, 5.74) is -2.02. The second kappa shape index (κ2) is 7.02. The summed E-state index contributed by atoms with van der Waals surface area (Å²) in [4.78, 5) is 21.9. The van der Waals surface area contributed by atoms with E-state index in [-0.39, 0.29) is 5.69 Å². The minimum atomic E-state index is -5.01. The van der Waals surface area contributed by atoms with E-state index in [9.17, 15) is 28.1 Å². The first-order valence-corrected chi connectivity index (χ1v) is 7.28. The molecule has 0 bridgehead atoms. The van der Waals surface area contributed by atoms with Crippen molar-refractivity contribution in [3.05, 3.63) is 45.3 Å². The number of carbonyl (C=O) groups is 1. The fourth-order valence-electron chi connectivity index (χ4n) is 2.35. The lowest BCUT2D eigenvalue weighted by Gasteiger charge is -2.11. The molecule has 0 radical (unpaired) electrons. The van der Waals surface area contributed by atoms with Crippen molar-refractivity contribution in [2.75, 3.05) is 12.4 Å². The van der Waals surface area contributed by atoms with E-state index in [0.717, 1.165) is 12.5 Å². The van der Waals surface area contributed by atoms with E-state index >= 15 is 0 Å². The third-order valence-electron chi connectivity index (χ3n) is 3.55. The van der Waals surface area contributed by atoms with Crippen LogP contribution >= 0.6 is 0 Å². The quantitative estimate of drug-likeness (QED) is 0.642. The van der Waals surface area contributed by atoms with E-state index in [0.29, 0.717) is 16.1 Å². The summed E-state index contributed by atoms with van der Waals surface area (Å²) >= 11 is 0. The van der Waals surface area contributed by atoms with E-state index in [4.69, 9.17) is 4.74 Å². The van der Waals surface area contributed by atoms with Gasteiger partial charge in [-0.15, -0.1) is 0 Å². The molecule has 26 heavy (non-hydrogen) atoms. The average molecular weight is 372 g/mol. The number of anilines is 1. The van der Waals surface area contributed by atoms with Crippen molar-refractivity contribution in [3.63, 3.8) is 0 Å². The van der Waals surface area contributed by atoms with Gasteiger partial charge in [-0.05, 0) is 31.5 Å². The lowest BCUT2D eigenvalue weighted by Crippen LogP contribution is -2.21. The molecule has 1 N–H and O–H groups in total. The van der Waals surface area contributed by atoms with Gasteiger partial charge in [0.2, 0.25) is 11.6 Å². The summed E-state index contributed by atoms with van der Waals surface area (Å²) in [5.74, 6) is -0.341. The van der Waals surface area contributed by atoms with Gasteiger partial charge in [0, 0.05) is 0 Å². The molecule has 11 heteroatoms. The number of nitro groups is 1. The van der Waals surface area contributed by atoms with Gasteiger partial charge in [0.05, 0.1) is 17.7 Å². The van der Waals surface area contributed by atoms with E-state index in [2.05, 4.69) is 10.4 Å². The Morgan fingerprint density at radius 2 is 2.04 bits per heavy atom. The van der Waals surface area contributed by atoms with E-state index in [1.807, 2.05) is 0 Å². The molecule has 0 unspecified atom stereocenters. The van der Waals surface area contributed by atoms with E-state index in [1.165, 1.54) is 7.11 Å². The fourth-order valence-corrected chi connectivity index (χ4v) is 2.35. The predicted octanol–water partition coefficient (Wildman–Crippen LogP) is 3.07. The largest absolute Gasteiger partial charge is 0.495 e. The second-order valence-electron chi connectivity index (χ2n) is 5.45. The SMILES string of the molecule is COc1ccc(C)cc1NC(=O)Cn1nc(C(F)(F)F)c([N+](=O)[O-])c1C. The molecule has 0 saturated carbocycles. The molecule has 2 aromatic rings. The van der Waals surface area contributed by atoms with E-state index < -0.39 is 34.9 Å². The summed E-state index contributed by atoms with van der Waals surface area (Å²) < 4.78 is 44.5. The fraction of sp³-hybridized carbons (Fsp3) is 0.333. The molecule has 1 aromatic heterocycles. The molecule has 1 aromatic carbocycles. The van der Waals surface area contributed by atoms with Crippen LogP contribution in [0.5, 0.6) is 5.75 Å². The number of hydrogen-bond donors (Lipinski definition) is 1. The van der Waals surface area contributed by atoms with Gasteiger partial charge in [0.15, 0.2) is 0 Å². The third kappa shape index (κ3) is 3.92. The topological polar surface area (TPSA) is 99.3 Å². The van der Waals surface area contributed by atoms with Gasteiger partial charge in [-0.3, -0.25) is 19.6 Å². The maximum Gasteiger partial charge on any atom is 0.442 e. The van der Waals surface area contributed by atoms with Crippen LogP contribution in [-0.4, -0.2) is 27.7 Å². The zero-order valence-electron chi connectivity index (χ0n) is 14.0. The average Bonchev–Trinajstić information content (AvgIpc) is 2.84. The van der Waals surface area contributed by atoms with Crippen LogP contribution in [-0.2, 0) is 17.5 Å². The molecule has 0 aliphatic rings. The van der Waals surface area contributed by atoms with Gasteiger partial charge in [0.25, 0.3) is 0 Å². The lowest BCUT2D eigenvalue weighted by atomic mass is 10.2. The van der Waals surface area contributed by atoms with Crippen LogP contribution in [0.25, 0.3) is 0 Å². The van der Waals surface area contributed by atoms with Gasteiger partial charge < -0.3 is 10.1 Å². The Balaban J connectivity index is 2.30. The molecule has 0 aliphatic carbocycles. The second-order valence-corrected chi connectivity index (χ2v) is 5.45. The standard InChI is InChI=1S/C15H15F3N4O4/c1-8-4-5-11(26-3)10(6-8)19-12(23)7-21-9(2)13(22(24)25)14(20-21)15(16,17)18/h4-6H,7H2,1-3H3,(H,19,23). The van der Waals surface area contributed by atoms with Gasteiger partial charge in [-0.2, -0.15) is 18.3 Å². The van der Waals surface area contributed by atoms with Crippen LogP contribution in [0.2, 0.25) is 0 Å². The molecule has 2 rings (SSSR count). The van der Waals surface area contributed by atoms with Gasteiger partial charge in [0.1, 0.15) is 18.0 Å². The highest BCUT2D eigenvalue weighted by Gasteiger charge is 2.44. The van der Waals surface area contributed by atoms with Gasteiger partial charge >= 0.3 is 11.9 Å². The molecule has 8 nitrogen and oxygen atoms in total. The first-order chi connectivity index (χ1) is 12.0. The van der Waals surface area contributed by atoms with Crippen LogP contribution in [0.3, 0.4) is 0 Å². The Kier molecular flexibility index (Phi) is 5.19. The Bertz CT molecular complexity index is 861. The molecule has 140 valence electrons. The summed E-state index contributed by atoms with van der Waals surface area (Å²) in [5, 5.41) is 16.6. The van der Waals surface area contributed by atoms with Crippen molar-refractivity contribution in [1.29, 1.82) is 0 Å². The first-order valence-electron chi connectivity index (χ1n) is 7.28. The number of nitrogens with one attached hydrogen (secondary N) is 1. The smallest absolute Gasteiger partial charge is 0.442 e. The van der Waals surface area contributed by atoms with Crippen molar-refractivity contribution in [3.8, 4) is 5.75 Å². The van der Waals surface area contributed by atoms with Crippen LogP contribution < -0.4 is 10.1 Å². The van der Waals surface area contributed by atoms with Crippen molar-refractivity contribution in [2.45, 2.75) is 26.6 Å². The summed E-state index contributed by atoms with van der Waals surface area (Å²) in [7, 11) is 1.40. The van der Waals surface area contributed by atoms with Crippen molar-refractivity contribution < 1.29 is 27.6 Å². The molecular formula is C15H15F3N4O4. The van der Waals surface area contributed by atoms with Gasteiger partial charge in [-0.1, -0.05) is 6.07 Å². The monoisotopic (exact) mass is 372 g/mol. The highest BCUT2D eigenvalue weighted by Crippen LogP contribution is 2.37. The summed E-state index contributed by atoms with van der Waals surface area (Å²) in [6.45, 7) is 2.26. The maximum atomic E-state index is 12.9. The zero-order chi connectivity index (χ0) is 19.6. The number of amides is 1. The molecule has 0 saturated heterocycles. The van der Waals surface area contributed by atoms with Crippen LogP contribution in [0, 0.1) is 24.0 Å². The number of benzene rings is 1. The number of ether oxygens (including phenoxy) is 1. The predicted molar refractivity (Wildman–Crippen MR) is 85.0 cm³/mol. The molecular weight excluding hydrogens is 357 g/mol. The minimum Gasteiger partial charge on any atom is -0.495 e. The molecule has 1 amide bonds.